The van der Waals surface area contributed by atoms with Crippen molar-refractivity contribution in [1.29, 1.82) is 0 Å². The van der Waals surface area contributed by atoms with Gasteiger partial charge in [-0.25, -0.2) is 4.79 Å². The topological polar surface area (TPSA) is 50.8 Å². The number of hydrogen-bond donors (Lipinski definition) is 1. The van der Waals surface area contributed by atoms with Crippen LogP contribution in [0.4, 0.5) is 4.79 Å². The molecule has 2 amide bonds. The van der Waals surface area contributed by atoms with Gasteiger partial charge in [-0.2, -0.15) is 0 Å². The number of rotatable bonds is 3. The van der Waals surface area contributed by atoms with E-state index in [4.69, 9.17) is 21.1 Å². The van der Waals surface area contributed by atoms with Crippen LogP contribution in [0.1, 0.15) is 24.8 Å². The van der Waals surface area contributed by atoms with Gasteiger partial charge in [0.2, 0.25) is 0 Å². The lowest BCUT2D eigenvalue weighted by molar-refractivity contribution is 0.0208. The van der Waals surface area contributed by atoms with E-state index in [1.54, 1.807) is 19.2 Å². The van der Waals surface area contributed by atoms with Gasteiger partial charge in [0.05, 0.1) is 7.11 Å². The molecule has 2 aliphatic rings. The quantitative estimate of drug-likeness (QED) is 0.921. The van der Waals surface area contributed by atoms with Crippen molar-refractivity contribution in [2.75, 3.05) is 33.4 Å². The average molecular weight is 339 g/mol. The second-order valence-electron chi connectivity index (χ2n) is 6.40. The number of likely N-dealkylation sites (tertiary alicyclic amines) is 1. The number of ether oxygens (including phenoxy) is 2. The fraction of sp³-hybridized carbons (Fsp3) is 0.588. The van der Waals surface area contributed by atoms with Gasteiger partial charge in [0.15, 0.2) is 0 Å². The van der Waals surface area contributed by atoms with E-state index >= 15 is 0 Å². The predicted molar refractivity (Wildman–Crippen MR) is 88.9 cm³/mol. The molecule has 2 aliphatic heterocycles. The Bertz CT molecular complexity index is 573. The van der Waals surface area contributed by atoms with Crippen molar-refractivity contribution < 1.29 is 14.3 Å². The van der Waals surface area contributed by atoms with Crippen molar-refractivity contribution in [1.82, 2.24) is 10.2 Å². The lowest BCUT2D eigenvalue weighted by Crippen LogP contribution is -2.40. The highest BCUT2D eigenvalue weighted by Crippen LogP contribution is 2.39. The van der Waals surface area contributed by atoms with Gasteiger partial charge in [-0.05, 0) is 36.8 Å². The molecular weight excluding hydrogens is 316 g/mol. The third-order valence-corrected chi connectivity index (χ3v) is 5.19. The summed E-state index contributed by atoms with van der Waals surface area (Å²) in [7, 11) is 1.60. The lowest BCUT2D eigenvalue weighted by atomic mass is 9.80. The minimum absolute atomic E-state index is 0.00892. The Hall–Kier alpha value is -1.46. The van der Waals surface area contributed by atoms with Gasteiger partial charge in [0.1, 0.15) is 5.75 Å². The first-order valence-electron chi connectivity index (χ1n) is 8.05. The summed E-state index contributed by atoms with van der Waals surface area (Å²) in [5, 5.41) is 3.61. The molecule has 3 rings (SSSR count). The first kappa shape index (κ1) is 16.4. The third-order valence-electron chi connectivity index (χ3n) is 4.96. The molecule has 0 aromatic heterocycles. The number of carbonyl (C=O) groups excluding carboxylic acids is 1. The standard InChI is InChI=1S/C17H23ClN2O3/c1-22-15-10-14(18)3-2-13(15)11-19-16(21)20-7-4-17(12-20)5-8-23-9-6-17/h2-3,10H,4-9,11-12H2,1H3,(H,19,21). The predicted octanol–water partition coefficient (Wildman–Crippen LogP) is 3.06. The molecule has 0 bridgehead atoms. The molecule has 6 heteroatoms. The van der Waals surface area contributed by atoms with E-state index in [2.05, 4.69) is 5.32 Å². The Balaban J connectivity index is 1.56. The van der Waals surface area contributed by atoms with Crippen LogP contribution in [0.2, 0.25) is 5.02 Å². The van der Waals surface area contributed by atoms with Crippen molar-refractivity contribution in [3.63, 3.8) is 0 Å². The number of benzene rings is 1. The minimum atomic E-state index is -0.00892. The average Bonchev–Trinajstić information content (AvgIpc) is 2.97. The van der Waals surface area contributed by atoms with Crippen molar-refractivity contribution in [3.8, 4) is 5.75 Å². The number of nitrogens with one attached hydrogen (secondary N) is 1. The second-order valence-corrected chi connectivity index (χ2v) is 6.84. The van der Waals surface area contributed by atoms with Crippen LogP contribution in [0.25, 0.3) is 0 Å². The van der Waals surface area contributed by atoms with Crippen LogP contribution in [0.5, 0.6) is 5.75 Å². The number of carbonyl (C=O) groups is 1. The van der Waals surface area contributed by atoms with E-state index in [1.165, 1.54) is 0 Å². The van der Waals surface area contributed by atoms with Crippen molar-refractivity contribution in [2.24, 2.45) is 5.41 Å². The van der Waals surface area contributed by atoms with Crippen LogP contribution < -0.4 is 10.1 Å². The molecule has 1 spiro atoms. The van der Waals surface area contributed by atoms with E-state index in [9.17, 15) is 4.79 Å². The number of halogens is 1. The van der Waals surface area contributed by atoms with Gasteiger partial charge in [-0.1, -0.05) is 17.7 Å². The Morgan fingerprint density at radius 1 is 1.39 bits per heavy atom. The van der Waals surface area contributed by atoms with Gasteiger partial charge >= 0.3 is 6.03 Å². The molecule has 23 heavy (non-hydrogen) atoms. The molecule has 1 N–H and O–H groups in total. The minimum Gasteiger partial charge on any atom is -0.496 e. The van der Waals surface area contributed by atoms with Crippen LogP contribution in [0, 0.1) is 5.41 Å². The fourth-order valence-electron chi connectivity index (χ4n) is 3.47. The third kappa shape index (κ3) is 3.72. The number of urea groups is 1. The largest absolute Gasteiger partial charge is 0.496 e. The van der Waals surface area contributed by atoms with Crippen LogP contribution in [-0.2, 0) is 11.3 Å². The number of methoxy groups -OCH3 is 1. The first-order valence-corrected chi connectivity index (χ1v) is 8.43. The molecule has 0 atom stereocenters. The summed E-state index contributed by atoms with van der Waals surface area (Å²) < 4.78 is 10.8. The Morgan fingerprint density at radius 3 is 2.91 bits per heavy atom. The summed E-state index contributed by atoms with van der Waals surface area (Å²) in [5.74, 6) is 0.695. The summed E-state index contributed by atoms with van der Waals surface area (Å²) in [4.78, 5) is 14.4. The zero-order valence-electron chi connectivity index (χ0n) is 13.4. The monoisotopic (exact) mass is 338 g/mol. The van der Waals surface area contributed by atoms with Crippen molar-refractivity contribution in [2.45, 2.75) is 25.8 Å². The smallest absolute Gasteiger partial charge is 0.317 e. The second kappa shape index (κ2) is 6.97. The SMILES string of the molecule is COc1cc(Cl)ccc1CNC(=O)N1CCC2(CCOCC2)C1. The normalized spacial score (nSPS) is 19.8. The van der Waals surface area contributed by atoms with Crippen molar-refractivity contribution in [3.05, 3.63) is 28.8 Å². The van der Waals surface area contributed by atoms with Crippen LogP contribution >= 0.6 is 11.6 Å². The van der Waals surface area contributed by atoms with E-state index in [0.29, 0.717) is 17.3 Å². The Kier molecular flexibility index (Phi) is 4.97. The van der Waals surface area contributed by atoms with E-state index in [0.717, 1.165) is 51.1 Å². The van der Waals surface area contributed by atoms with Crippen molar-refractivity contribution >= 4 is 17.6 Å². The maximum Gasteiger partial charge on any atom is 0.317 e. The molecule has 2 heterocycles. The van der Waals surface area contributed by atoms with Gasteiger partial charge < -0.3 is 19.7 Å². The highest BCUT2D eigenvalue weighted by molar-refractivity contribution is 6.30. The highest BCUT2D eigenvalue weighted by Gasteiger charge is 2.40. The Morgan fingerprint density at radius 2 is 2.17 bits per heavy atom. The molecule has 126 valence electrons. The summed E-state index contributed by atoms with van der Waals surface area (Å²) in [6.45, 7) is 3.73. The first-order chi connectivity index (χ1) is 11.1. The zero-order chi connectivity index (χ0) is 16.3. The highest BCUT2D eigenvalue weighted by atomic mass is 35.5. The summed E-state index contributed by atoms with van der Waals surface area (Å²) in [6, 6.07) is 5.44. The van der Waals surface area contributed by atoms with E-state index in [1.807, 2.05) is 11.0 Å². The molecule has 0 saturated carbocycles. The Labute approximate surface area is 141 Å². The van der Waals surface area contributed by atoms with Gasteiger partial charge in [-0.15, -0.1) is 0 Å². The maximum atomic E-state index is 12.4. The van der Waals surface area contributed by atoms with Crippen LogP contribution in [0.15, 0.2) is 18.2 Å². The van der Waals surface area contributed by atoms with Gasteiger partial charge in [-0.3, -0.25) is 0 Å². The molecule has 2 fully saturated rings. The molecule has 0 unspecified atom stereocenters. The summed E-state index contributed by atoms with van der Waals surface area (Å²) in [6.07, 6.45) is 3.19. The molecule has 0 aliphatic carbocycles. The number of nitrogens with zero attached hydrogens (tertiary/aromatic N) is 1. The lowest BCUT2D eigenvalue weighted by Gasteiger charge is -2.33. The molecule has 5 nitrogen and oxygen atoms in total. The zero-order valence-corrected chi connectivity index (χ0v) is 14.2. The van der Waals surface area contributed by atoms with Crippen LogP contribution in [0.3, 0.4) is 0 Å². The molecule has 1 aromatic rings. The number of hydrogen-bond acceptors (Lipinski definition) is 3. The van der Waals surface area contributed by atoms with Gasteiger partial charge in [0, 0.05) is 43.4 Å². The van der Waals surface area contributed by atoms with Gasteiger partial charge in [0.25, 0.3) is 0 Å². The summed E-state index contributed by atoms with van der Waals surface area (Å²) in [5.41, 5.74) is 1.19. The molecular formula is C17H23ClN2O3. The fourth-order valence-corrected chi connectivity index (χ4v) is 3.63. The molecule has 2 saturated heterocycles. The van der Waals surface area contributed by atoms with E-state index < -0.39 is 0 Å². The molecule has 0 radical (unpaired) electrons. The summed E-state index contributed by atoms with van der Waals surface area (Å²) >= 11 is 5.96. The van der Waals surface area contributed by atoms with E-state index in [-0.39, 0.29) is 11.4 Å². The molecule has 1 aromatic carbocycles. The van der Waals surface area contributed by atoms with Crippen LogP contribution in [-0.4, -0.2) is 44.3 Å². The number of amides is 2. The maximum absolute atomic E-state index is 12.4.